The highest BCUT2D eigenvalue weighted by molar-refractivity contribution is 7.89. The van der Waals surface area contributed by atoms with Crippen LogP contribution in [0.2, 0.25) is 0 Å². The molecule has 166 valence electrons. The Labute approximate surface area is 179 Å². The van der Waals surface area contributed by atoms with Crippen LogP contribution in [0.4, 0.5) is 0 Å². The summed E-state index contributed by atoms with van der Waals surface area (Å²) < 4.78 is 28.3. The van der Waals surface area contributed by atoms with E-state index in [1.165, 1.54) is 4.31 Å². The zero-order chi connectivity index (χ0) is 22.4. The van der Waals surface area contributed by atoms with Crippen LogP contribution in [0.3, 0.4) is 0 Å². The van der Waals surface area contributed by atoms with Crippen molar-refractivity contribution in [3.05, 3.63) is 27.8 Å². The van der Waals surface area contributed by atoms with Gasteiger partial charge in [0, 0.05) is 32.1 Å². The van der Waals surface area contributed by atoms with Gasteiger partial charge in [-0.3, -0.25) is 9.59 Å². The number of sulfonamides is 1. The second kappa shape index (κ2) is 8.30. The number of carbonyl (C=O) groups excluding carboxylic acids is 2. The van der Waals surface area contributed by atoms with Crippen molar-refractivity contribution < 1.29 is 18.0 Å². The first kappa shape index (κ1) is 22.7. The van der Waals surface area contributed by atoms with Gasteiger partial charge < -0.3 is 10.2 Å². The summed E-state index contributed by atoms with van der Waals surface area (Å²) in [5.41, 5.74) is 4.73. The number of rotatable bonds is 5. The maximum atomic E-state index is 13.4. The fourth-order valence-corrected chi connectivity index (χ4v) is 6.23. The maximum Gasteiger partial charge on any atom is 0.243 e. The van der Waals surface area contributed by atoms with Crippen LogP contribution >= 0.6 is 0 Å². The molecule has 1 saturated heterocycles. The third-order valence-corrected chi connectivity index (χ3v) is 9.15. The number of nitrogens with one attached hydrogen (secondary N) is 1. The fourth-order valence-electron chi connectivity index (χ4n) is 4.25. The lowest BCUT2D eigenvalue weighted by Gasteiger charge is -2.35. The summed E-state index contributed by atoms with van der Waals surface area (Å²) in [7, 11) is -3.64. The molecule has 2 amide bonds. The first-order chi connectivity index (χ1) is 14.0. The summed E-state index contributed by atoms with van der Waals surface area (Å²) in [6.45, 7) is 12.8. The van der Waals surface area contributed by atoms with Crippen molar-refractivity contribution in [2.45, 2.75) is 52.9 Å². The number of hydrogen-bond acceptors (Lipinski definition) is 4. The van der Waals surface area contributed by atoms with Crippen molar-refractivity contribution >= 4 is 21.8 Å². The number of carbonyl (C=O) groups is 2. The largest absolute Gasteiger partial charge is 0.347 e. The molecule has 2 atom stereocenters. The van der Waals surface area contributed by atoms with Gasteiger partial charge in [-0.25, -0.2) is 8.42 Å². The molecule has 0 aromatic heterocycles. The molecule has 0 radical (unpaired) electrons. The number of amides is 2. The van der Waals surface area contributed by atoms with E-state index < -0.39 is 10.0 Å². The Morgan fingerprint density at radius 3 is 1.83 bits per heavy atom. The topological polar surface area (TPSA) is 86.8 Å². The SMILES string of the molecule is Cc1c(C)c(C)c(S(=O)(=O)N2CCN(C(=O)CNC(=O)[C@@H]3C[C@@H]3C)CC2)c(C)c1C. The predicted molar refractivity (Wildman–Crippen MR) is 116 cm³/mol. The van der Waals surface area contributed by atoms with Crippen molar-refractivity contribution in [3.63, 3.8) is 0 Å². The molecule has 30 heavy (non-hydrogen) atoms. The molecule has 0 spiro atoms. The van der Waals surface area contributed by atoms with E-state index in [4.69, 9.17) is 0 Å². The van der Waals surface area contributed by atoms with Crippen molar-refractivity contribution in [1.29, 1.82) is 0 Å². The highest BCUT2D eigenvalue weighted by Gasteiger charge is 2.39. The zero-order valence-electron chi connectivity index (χ0n) is 18.8. The highest BCUT2D eigenvalue weighted by atomic mass is 32.2. The molecule has 1 aliphatic heterocycles. The number of benzene rings is 1. The molecule has 2 aliphatic rings. The van der Waals surface area contributed by atoms with E-state index in [1.54, 1.807) is 4.90 Å². The Hall–Kier alpha value is -1.93. The van der Waals surface area contributed by atoms with Gasteiger partial charge in [-0.2, -0.15) is 4.31 Å². The van der Waals surface area contributed by atoms with Crippen molar-refractivity contribution in [2.75, 3.05) is 32.7 Å². The van der Waals surface area contributed by atoms with E-state index in [1.807, 2.05) is 41.5 Å². The minimum Gasteiger partial charge on any atom is -0.347 e. The van der Waals surface area contributed by atoms with Crippen molar-refractivity contribution in [3.8, 4) is 0 Å². The van der Waals surface area contributed by atoms with E-state index in [0.29, 0.717) is 23.9 Å². The molecular formula is C22H33N3O4S. The van der Waals surface area contributed by atoms with E-state index in [9.17, 15) is 18.0 Å². The molecule has 1 aromatic rings. The third kappa shape index (κ3) is 4.12. The summed E-state index contributed by atoms with van der Waals surface area (Å²) in [5.74, 6) is 0.207. The van der Waals surface area contributed by atoms with E-state index in [0.717, 1.165) is 34.2 Å². The molecular weight excluding hydrogens is 402 g/mol. The first-order valence-corrected chi connectivity index (χ1v) is 12.0. The van der Waals surface area contributed by atoms with E-state index >= 15 is 0 Å². The monoisotopic (exact) mass is 435 g/mol. The first-order valence-electron chi connectivity index (χ1n) is 10.6. The molecule has 1 heterocycles. The summed E-state index contributed by atoms with van der Waals surface area (Å²) in [4.78, 5) is 26.4. The molecule has 1 saturated carbocycles. The van der Waals surface area contributed by atoms with Gasteiger partial charge in [-0.15, -0.1) is 0 Å². The molecule has 8 heteroatoms. The van der Waals surface area contributed by atoms with Gasteiger partial charge in [0.25, 0.3) is 0 Å². The van der Waals surface area contributed by atoms with Crippen LogP contribution in [0.15, 0.2) is 4.90 Å². The van der Waals surface area contributed by atoms with Gasteiger partial charge in [-0.05, 0) is 74.8 Å². The Morgan fingerprint density at radius 1 is 0.900 bits per heavy atom. The van der Waals surface area contributed by atoms with Crippen LogP contribution in [-0.2, 0) is 19.6 Å². The van der Waals surface area contributed by atoms with Crippen LogP contribution in [-0.4, -0.2) is 62.2 Å². The van der Waals surface area contributed by atoms with Crippen LogP contribution in [0, 0.1) is 46.5 Å². The number of nitrogens with zero attached hydrogens (tertiary/aromatic N) is 2. The van der Waals surface area contributed by atoms with Crippen LogP contribution in [0.5, 0.6) is 0 Å². The Morgan fingerprint density at radius 2 is 1.37 bits per heavy atom. The average Bonchev–Trinajstić information content (AvgIpc) is 3.45. The van der Waals surface area contributed by atoms with Crippen molar-refractivity contribution in [2.24, 2.45) is 11.8 Å². The predicted octanol–water partition coefficient (Wildman–Crippen LogP) is 1.83. The van der Waals surface area contributed by atoms with Gasteiger partial charge >= 0.3 is 0 Å². The lowest BCUT2D eigenvalue weighted by Crippen LogP contribution is -2.52. The van der Waals surface area contributed by atoms with Crippen LogP contribution in [0.25, 0.3) is 0 Å². The highest BCUT2D eigenvalue weighted by Crippen LogP contribution is 2.37. The summed E-state index contributed by atoms with van der Waals surface area (Å²) in [6.07, 6.45) is 0.882. The number of piperazine rings is 1. The van der Waals surface area contributed by atoms with Crippen LogP contribution in [0.1, 0.15) is 41.2 Å². The van der Waals surface area contributed by atoms with E-state index in [2.05, 4.69) is 5.32 Å². The molecule has 1 aromatic carbocycles. The molecule has 3 rings (SSSR count). The van der Waals surface area contributed by atoms with Gasteiger partial charge in [-0.1, -0.05) is 6.92 Å². The number of hydrogen-bond donors (Lipinski definition) is 1. The van der Waals surface area contributed by atoms with E-state index in [-0.39, 0.29) is 37.4 Å². The molecule has 2 fully saturated rings. The minimum atomic E-state index is -3.64. The zero-order valence-corrected chi connectivity index (χ0v) is 19.6. The maximum absolute atomic E-state index is 13.4. The van der Waals surface area contributed by atoms with Gasteiger partial charge in [0.2, 0.25) is 21.8 Å². The lowest BCUT2D eigenvalue weighted by atomic mass is 9.95. The van der Waals surface area contributed by atoms with Gasteiger partial charge in [0.05, 0.1) is 11.4 Å². The summed E-state index contributed by atoms with van der Waals surface area (Å²) in [5, 5.41) is 2.71. The third-order valence-electron chi connectivity index (χ3n) is 6.98. The van der Waals surface area contributed by atoms with Crippen molar-refractivity contribution in [1.82, 2.24) is 14.5 Å². The second-order valence-electron chi connectivity index (χ2n) is 8.78. The van der Waals surface area contributed by atoms with Crippen LogP contribution < -0.4 is 5.32 Å². The molecule has 0 unspecified atom stereocenters. The molecule has 0 bridgehead atoms. The normalized spacial score (nSPS) is 22.1. The Balaban J connectivity index is 1.66. The lowest BCUT2D eigenvalue weighted by molar-refractivity contribution is -0.134. The summed E-state index contributed by atoms with van der Waals surface area (Å²) >= 11 is 0. The summed E-state index contributed by atoms with van der Waals surface area (Å²) in [6, 6.07) is 0. The molecule has 7 nitrogen and oxygen atoms in total. The fraction of sp³-hybridized carbons (Fsp3) is 0.636. The average molecular weight is 436 g/mol. The Kier molecular flexibility index (Phi) is 6.30. The van der Waals surface area contributed by atoms with Gasteiger partial charge in [0.1, 0.15) is 0 Å². The Bertz CT molecular complexity index is 950. The second-order valence-corrected chi connectivity index (χ2v) is 10.7. The smallest absolute Gasteiger partial charge is 0.243 e. The molecule has 1 aliphatic carbocycles. The van der Waals surface area contributed by atoms with Gasteiger partial charge in [0.15, 0.2) is 0 Å². The molecule has 1 N–H and O–H groups in total. The quantitative estimate of drug-likeness (QED) is 0.765. The minimum absolute atomic E-state index is 0.0244. The standard InChI is InChI=1S/C22H33N3O4S/c1-13-11-19(13)22(27)23-12-20(26)24-7-9-25(10-8-24)30(28,29)21-17(5)15(3)14(2)16(4)18(21)6/h13,19H,7-12H2,1-6H3,(H,23,27)/t13-,19+/m0/s1.